The fourth-order valence-electron chi connectivity index (χ4n) is 3.60. The number of esters is 1. The van der Waals surface area contributed by atoms with Crippen molar-refractivity contribution in [2.75, 3.05) is 0 Å². The molecule has 1 saturated heterocycles. The summed E-state index contributed by atoms with van der Waals surface area (Å²) in [6, 6.07) is 0. The van der Waals surface area contributed by atoms with Gasteiger partial charge in [0.05, 0.1) is 0 Å². The van der Waals surface area contributed by atoms with Crippen molar-refractivity contribution in [3.05, 3.63) is 0 Å². The van der Waals surface area contributed by atoms with Gasteiger partial charge in [-0.25, -0.2) is 0 Å². The Morgan fingerprint density at radius 1 is 1.11 bits per heavy atom. The standard InChI is InChI=1S/C16H26O3/c1-3-5-7-12-9-14(17)16(10-12)11-13(8-6-4-2)19-15(16)18/h12-13H,3-11H2,1-2H3. The molecule has 3 heteroatoms. The number of carbonyl (C=O) groups is 2. The molecule has 0 bridgehead atoms. The highest BCUT2D eigenvalue weighted by molar-refractivity contribution is 6.06. The highest BCUT2D eigenvalue weighted by Gasteiger charge is 2.58. The number of ether oxygens (including phenoxy) is 1. The van der Waals surface area contributed by atoms with Crippen molar-refractivity contribution in [2.45, 2.75) is 77.7 Å². The van der Waals surface area contributed by atoms with Crippen LogP contribution in [0.15, 0.2) is 0 Å². The summed E-state index contributed by atoms with van der Waals surface area (Å²) < 4.78 is 5.46. The van der Waals surface area contributed by atoms with Crippen molar-refractivity contribution in [1.29, 1.82) is 0 Å². The Hall–Kier alpha value is -0.860. The van der Waals surface area contributed by atoms with E-state index in [9.17, 15) is 9.59 Å². The molecule has 1 aliphatic heterocycles. The van der Waals surface area contributed by atoms with Crippen LogP contribution in [0.5, 0.6) is 0 Å². The monoisotopic (exact) mass is 266 g/mol. The zero-order valence-corrected chi connectivity index (χ0v) is 12.2. The maximum Gasteiger partial charge on any atom is 0.320 e. The van der Waals surface area contributed by atoms with Crippen LogP contribution >= 0.6 is 0 Å². The van der Waals surface area contributed by atoms with Gasteiger partial charge < -0.3 is 4.74 Å². The Kier molecular flexibility index (Phi) is 4.64. The fourth-order valence-corrected chi connectivity index (χ4v) is 3.60. The lowest BCUT2D eigenvalue weighted by Gasteiger charge is -2.16. The largest absolute Gasteiger partial charge is 0.462 e. The average molecular weight is 266 g/mol. The molecule has 1 heterocycles. The van der Waals surface area contributed by atoms with Gasteiger partial charge in [-0.05, 0) is 25.2 Å². The molecule has 3 nitrogen and oxygen atoms in total. The molecule has 1 aliphatic carbocycles. The molecule has 1 saturated carbocycles. The van der Waals surface area contributed by atoms with E-state index in [4.69, 9.17) is 4.74 Å². The van der Waals surface area contributed by atoms with Crippen LogP contribution in [0.2, 0.25) is 0 Å². The summed E-state index contributed by atoms with van der Waals surface area (Å²) in [5.74, 6) is 0.333. The van der Waals surface area contributed by atoms with Crippen molar-refractivity contribution in [1.82, 2.24) is 0 Å². The smallest absolute Gasteiger partial charge is 0.320 e. The van der Waals surface area contributed by atoms with Crippen LogP contribution in [0, 0.1) is 11.3 Å². The highest BCUT2D eigenvalue weighted by Crippen LogP contribution is 2.49. The van der Waals surface area contributed by atoms with Crippen molar-refractivity contribution < 1.29 is 14.3 Å². The van der Waals surface area contributed by atoms with Gasteiger partial charge in [0.1, 0.15) is 11.5 Å². The van der Waals surface area contributed by atoms with Crippen molar-refractivity contribution in [2.24, 2.45) is 11.3 Å². The molecule has 3 atom stereocenters. The third-order valence-electron chi connectivity index (χ3n) is 4.73. The molecular weight excluding hydrogens is 240 g/mol. The molecule has 2 rings (SSSR count). The minimum absolute atomic E-state index is 0.0127. The van der Waals surface area contributed by atoms with Gasteiger partial charge in [-0.15, -0.1) is 0 Å². The zero-order valence-electron chi connectivity index (χ0n) is 12.2. The van der Waals surface area contributed by atoms with Gasteiger partial charge in [0, 0.05) is 12.8 Å². The Morgan fingerprint density at radius 2 is 1.79 bits per heavy atom. The Morgan fingerprint density at radius 3 is 2.47 bits per heavy atom. The van der Waals surface area contributed by atoms with Crippen molar-refractivity contribution in [3.63, 3.8) is 0 Å². The SMILES string of the molecule is CCCCC1CC(=O)C2(C1)CC(CCCC)OC2=O. The van der Waals surface area contributed by atoms with Gasteiger partial charge in [-0.2, -0.15) is 0 Å². The molecule has 108 valence electrons. The molecule has 0 aromatic carbocycles. The number of ketones is 1. The lowest BCUT2D eigenvalue weighted by Crippen LogP contribution is -2.30. The van der Waals surface area contributed by atoms with E-state index in [1.807, 2.05) is 0 Å². The van der Waals surface area contributed by atoms with Gasteiger partial charge in [0.2, 0.25) is 0 Å². The van der Waals surface area contributed by atoms with Crippen LogP contribution in [0.4, 0.5) is 0 Å². The van der Waals surface area contributed by atoms with Crippen LogP contribution in [-0.2, 0) is 14.3 Å². The van der Waals surface area contributed by atoms with E-state index < -0.39 is 5.41 Å². The highest BCUT2D eigenvalue weighted by atomic mass is 16.6. The minimum Gasteiger partial charge on any atom is -0.462 e. The lowest BCUT2D eigenvalue weighted by atomic mass is 9.80. The second kappa shape index (κ2) is 6.06. The van der Waals surface area contributed by atoms with Gasteiger partial charge >= 0.3 is 5.97 Å². The van der Waals surface area contributed by atoms with Crippen LogP contribution < -0.4 is 0 Å². The van der Waals surface area contributed by atoms with E-state index in [1.165, 1.54) is 0 Å². The van der Waals surface area contributed by atoms with Crippen molar-refractivity contribution >= 4 is 11.8 Å². The second-order valence-electron chi connectivity index (χ2n) is 6.30. The number of carbonyl (C=O) groups excluding carboxylic acids is 2. The molecule has 0 amide bonds. The number of unbranched alkanes of at least 4 members (excludes halogenated alkanes) is 2. The third kappa shape index (κ3) is 2.85. The molecule has 2 fully saturated rings. The van der Waals surface area contributed by atoms with Gasteiger partial charge in [-0.3, -0.25) is 9.59 Å². The molecule has 19 heavy (non-hydrogen) atoms. The van der Waals surface area contributed by atoms with Crippen LogP contribution in [0.3, 0.4) is 0 Å². The number of Topliss-reactive ketones (excluding diaryl/α,β-unsaturated/α-hetero) is 1. The fraction of sp³-hybridized carbons (Fsp3) is 0.875. The van der Waals surface area contributed by atoms with E-state index in [2.05, 4.69) is 13.8 Å². The molecule has 2 aliphatic rings. The summed E-state index contributed by atoms with van der Waals surface area (Å²) >= 11 is 0. The van der Waals surface area contributed by atoms with Crippen LogP contribution in [0.25, 0.3) is 0 Å². The topological polar surface area (TPSA) is 43.4 Å². The minimum atomic E-state index is -0.753. The quantitative estimate of drug-likeness (QED) is 0.544. The first-order chi connectivity index (χ1) is 9.12. The number of rotatable bonds is 6. The first kappa shape index (κ1) is 14.5. The molecule has 1 spiro atoms. The van der Waals surface area contributed by atoms with Gasteiger partial charge in [0.25, 0.3) is 0 Å². The van der Waals surface area contributed by atoms with Crippen LogP contribution in [0.1, 0.15) is 71.6 Å². The number of hydrogen-bond acceptors (Lipinski definition) is 3. The first-order valence-corrected chi connectivity index (χ1v) is 7.86. The first-order valence-electron chi connectivity index (χ1n) is 7.86. The summed E-state index contributed by atoms with van der Waals surface area (Å²) in [6.45, 7) is 4.30. The molecule has 3 unspecified atom stereocenters. The summed E-state index contributed by atoms with van der Waals surface area (Å²) in [6.07, 6.45) is 8.45. The Balaban J connectivity index is 1.98. The summed E-state index contributed by atoms with van der Waals surface area (Å²) in [4.78, 5) is 24.5. The average Bonchev–Trinajstić information content (AvgIpc) is 2.87. The van der Waals surface area contributed by atoms with E-state index >= 15 is 0 Å². The third-order valence-corrected chi connectivity index (χ3v) is 4.73. The van der Waals surface area contributed by atoms with E-state index in [0.717, 1.165) is 44.9 Å². The Bertz CT molecular complexity index is 314. The van der Waals surface area contributed by atoms with E-state index in [0.29, 0.717) is 18.8 Å². The molecular formula is C16H26O3. The zero-order chi connectivity index (χ0) is 13.9. The predicted octanol–water partition coefficient (Wildman–Crippen LogP) is 3.65. The summed E-state index contributed by atoms with van der Waals surface area (Å²) in [7, 11) is 0. The molecule has 0 radical (unpaired) electrons. The van der Waals surface area contributed by atoms with Gasteiger partial charge in [-0.1, -0.05) is 39.5 Å². The van der Waals surface area contributed by atoms with Crippen molar-refractivity contribution in [3.8, 4) is 0 Å². The van der Waals surface area contributed by atoms with Crippen LogP contribution in [-0.4, -0.2) is 17.9 Å². The van der Waals surface area contributed by atoms with E-state index in [-0.39, 0.29) is 17.9 Å². The number of hydrogen-bond donors (Lipinski definition) is 0. The lowest BCUT2D eigenvalue weighted by molar-refractivity contribution is -0.151. The maximum absolute atomic E-state index is 12.3. The molecule has 0 aromatic rings. The summed E-state index contributed by atoms with van der Waals surface area (Å²) in [5, 5.41) is 0. The predicted molar refractivity (Wildman–Crippen MR) is 73.7 cm³/mol. The number of cyclic esters (lactones) is 1. The molecule has 0 aromatic heterocycles. The Labute approximate surface area is 116 Å². The normalized spacial score (nSPS) is 34.2. The second-order valence-corrected chi connectivity index (χ2v) is 6.30. The maximum atomic E-state index is 12.3. The summed E-state index contributed by atoms with van der Waals surface area (Å²) in [5.41, 5.74) is -0.753. The van der Waals surface area contributed by atoms with E-state index in [1.54, 1.807) is 0 Å². The molecule has 0 N–H and O–H groups in total. The van der Waals surface area contributed by atoms with Gasteiger partial charge in [0.15, 0.2) is 5.78 Å².